The molecule has 10 heteroatoms. The minimum Gasteiger partial charge on any atom is -0.369 e. The molecule has 3 N–H and O–H groups in total. The van der Waals surface area contributed by atoms with Crippen LogP contribution < -0.4 is 10.6 Å². The third-order valence-corrected chi connectivity index (χ3v) is 6.24. The number of amides is 1. The second kappa shape index (κ2) is 9.82. The van der Waals surface area contributed by atoms with E-state index in [-0.39, 0.29) is 16.2 Å². The van der Waals surface area contributed by atoms with Gasteiger partial charge in [0.1, 0.15) is 5.82 Å². The molecule has 1 amide bonds. The Morgan fingerprint density at radius 2 is 1.77 bits per heavy atom. The fourth-order valence-electron chi connectivity index (χ4n) is 3.42. The topological polar surface area (TPSA) is 131 Å². The van der Waals surface area contributed by atoms with E-state index in [4.69, 9.17) is 16.0 Å². The van der Waals surface area contributed by atoms with Gasteiger partial charge < -0.3 is 15.1 Å². The second-order valence-electron chi connectivity index (χ2n) is 7.76. The third kappa shape index (κ3) is 5.56. The minimum absolute atomic E-state index is 0.0164. The average Bonchev–Trinajstić information content (AvgIpc) is 3.30. The number of imidazole rings is 1. The molecule has 9 nitrogen and oxygen atoms in total. The lowest BCUT2D eigenvalue weighted by atomic mass is 10.2. The number of hydroxylamine groups is 2. The van der Waals surface area contributed by atoms with Crippen LogP contribution in [0.25, 0.3) is 11.4 Å². The number of carbonyl (C=O) groups excluding carboxylic acids is 1. The summed E-state index contributed by atoms with van der Waals surface area (Å²) in [6.07, 6.45) is 4.67. The fourth-order valence-corrected chi connectivity index (χ4v) is 4.09. The highest BCUT2D eigenvalue weighted by Crippen LogP contribution is 2.23. The first-order valence-corrected chi connectivity index (χ1v) is 12.4. The van der Waals surface area contributed by atoms with Gasteiger partial charge in [-0.3, -0.25) is 10.2 Å². The Labute approximate surface area is 202 Å². The molecule has 0 spiro atoms. The highest BCUT2D eigenvalue weighted by atomic mass is 32.2. The van der Waals surface area contributed by atoms with E-state index < -0.39 is 21.7 Å². The standard InChI is InChI=1S/C25H23N5O4S/c1-35(32,33)22-9-5-8-20(16-22)24(31)30(25(26)27)34-21-12-10-19(11-13-21)23-28-14-15-29(23)17-18-6-3-2-4-7-18/h2-16H,17H2,1H3,(H3,26,27). The molecule has 0 aliphatic heterocycles. The van der Waals surface area contributed by atoms with Crippen LogP contribution in [0.1, 0.15) is 15.9 Å². The van der Waals surface area contributed by atoms with Crippen LogP contribution in [-0.2, 0) is 16.4 Å². The summed E-state index contributed by atoms with van der Waals surface area (Å²) in [5.41, 5.74) is 7.57. The number of rotatable bonds is 7. The third-order valence-electron chi connectivity index (χ3n) is 5.13. The van der Waals surface area contributed by atoms with Crippen molar-refractivity contribution in [3.8, 4) is 17.1 Å². The van der Waals surface area contributed by atoms with Crippen LogP contribution in [0.5, 0.6) is 5.75 Å². The highest BCUT2D eigenvalue weighted by Gasteiger charge is 2.23. The molecule has 178 valence electrons. The zero-order chi connectivity index (χ0) is 25.0. The minimum atomic E-state index is -3.52. The molecule has 35 heavy (non-hydrogen) atoms. The molecule has 1 aromatic heterocycles. The van der Waals surface area contributed by atoms with Crippen molar-refractivity contribution in [1.82, 2.24) is 14.6 Å². The number of aromatic nitrogens is 2. The predicted molar refractivity (Wildman–Crippen MR) is 131 cm³/mol. The number of benzene rings is 3. The van der Waals surface area contributed by atoms with Crippen molar-refractivity contribution in [3.05, 3.63) is 102 Å². The first-order chi connectivity index (χ1) is 16.7. The number of hydrogen-bond donors (Lipinski definition) is 2. The van der Waals surface area contributed by atoms with E-state index in [1.807, 2.05) is 41.1 Å². The van der Waals surface area contributed by atoms with Crippen molar-refractivity contribution in [2.45, 2.75) is 11.4 Å². The van der Waals surface area contributed by atoms with Crippen molar-refractivity contribution in [1.29, 1.82) is 5.41 Å². The quantitative estimate of drug-likeness (QED) is 0.233. The monoisotopic (exact) mass is 489 g/mol. The number of guanidine groups is 1. The van der Waals surface area contributed by atoms with Crippen LogP contribution in [0.15, 0.2) is 96.2 Å². The first-order valence-electron chi connectivity index (χ1n) is 10.5. The molecule has 0 unspecified atom stereocenters. The highest BCUT2D eigenvalue weighted by molar-refractivity contribution is 7.90. The summed E-state index contributed by atoms with van der Waals surface area (Å²) in [7, 11) is -3.52. The summed E-state index contributed by atoms with van der Waals surface area (Å²) < 4.78 is 25.7. The summed E-state index contributed by atoms with van der Waals surface area (Å²) in [6.45, 7) is 0.660. The SMILES string of the molecule is CS(=O)(=O)c1cccc(C(=O)N(Oc2ccc(-c3nccn3Cc3ccccc3)cc2)C(=N)N)c1. The van der Waals surface area contributed by atoms with E-state index >= 15 is 0 Å². The number of nitrogens with one attached hydrogen (secondary N) is 1. The molecule has 0 aliphatic carbocycles. The lowest BCUT2D eigenvalue weighted by molar-refractivity contribution is 0.0153. The van der Waals surface area contributed by atoms with Gasteiger partial charge in [-0.25, -0.2) is 13.4 Å². The molecule has 0 saturated heterocycles. The number of sulfone groups is 1. The average molecular weight is 490 g/mol. The van der Waals surface area contributed by atoms with Crippen LogP contribution in [0.4, 0.5) is 0 Å². The van der Waals surface area contributed by atoms with E-state index in [1.54, 1.807) is 30.5 Å². The molecule has 1 heterocycles. The van der Waals surface area contributed by atoms with E-state index in [0.29, 0.717) is 11.6 Å². The van der Waals surface area contributed by atoms with Crippen LogP contribution in [0.3, 0.4) is 0 Å². The maximum Gasteiger partial charge on any atom is 0.294 e. The first kappa shape index (κ1) is 23.7. The molecule has 0 saturated carbocycles. The molecule has 0 bridgehead atoms. The molecule has 0 aliphatic rings. The predicted octanol–water partition coefficient (Wildman–Crippen LogP) is 3.33. The Bertz CT molecular complexity index is 1470. The molecule has 4 aromatic rings. The van der Waals surface area contributed by atoms with Crippen molar-refractivity contribution in [2.24, 2.45) is 5.73 Å². The van der Waals surface area contributed by atoms with Gasteiger partial charge >= 0.3 is 0 Å². The zero-order valence-corrected chi connectivity index (χ0v) is 19.6. The maximum absolute atomic E-state index is 12.9. The Morgan fingerprint density at radius 1 is 1.06 bits per heavy atom. The largest absolute Gasteiger partial charge is 0.369 e. The Kier molecular flexibility index (Phi) is 6.65. The number of hydrogen-bond acceptors (Lipinski definition) is 6. The zero-order valence-electron chi connectivity index (χ0n) is 18.8. The van der Waals surface area contributed by atoms with Crippen molar-refractivity contribution >= 4 is 21.7 Å². The van der Waals surface area contributed by atoms with Gasteiger partial charge in [0.2, 0.25) is 5.96 Å². The molecule has 3 aromatic carbocycles. The number of nitrogens with two attached hydrogens (primary N) is 1. The molecule has 4 rings (SSSR count). The molecular weight excluding hydrogens is 466 g/mol. The van der Waals surface area contributed by atoms with Gasteiger partial charge in [0, 0.05) is 36.3 Å². The van der Waals surface area contributed by atoms with Gasteiger partial charge in [0.25, 0.3) is 5.91 Å². The van der Waals surface area contributed by atoms with Crippen LogP contribution >= 0.6 is 0 Å². The van der Waals surface area contributed by atoms with Crippen molar-refractivity contribution in [3.63, 3.8) is 0 Å². The van der Waals surface area contributed by atoms with E-state index in [2.05, 4.69) is 4.98 Å². The van der Waals surface area contributed by atoms with Crippen LogP contribution in [-0.4, -0.2) is 41.2 Å². The summed E-state index contributed by atoms with van der Waals surface area (Å²) >= 11 is 0. The Morgan fingerprint density at radius 3 is 2.43 bits per heavy atom. The van der Waals surface area contributed by atoms with Gasteiger partial charge in [0.15, 0.2) is 15.6 Å². The van der Waals surface area contributed by atoms with Crippen LogP contribution in [0, 0.1) is 5.41 Å². The lowest BCUT2D eigenvalue weighted by Gasteiger charge is -2.20. The van der Waals surface area contributed by atoms with E-state index in [1.165, 1.54) is 24.3 Å². The number of nitrogens with zero attached hydrogens (tertiary/aromatic N) is 3. The molecule has 0 radical (unpaired) electrons. The number of carbonyl (C=O) groups is 1. The van der Waals surface area contributed by atoms with Gasteiger partial charge in [-0.15, -0.1) is 5.06 Å². The normalized spacial score (nSPS) is 11.1. The second-order valence-corrected chi connectivity index (χ2v) is 9.78. The smallest absolute Gasteiger partial charge is 0.294 e. The summed E-state index contributed by atoms with van der Waals surface area (Å²) in [4.78, 5) is 22.9. The van der Waals surface area contributed by atoms with E-state index in [9.17, 15) is 13.2 Å². The van der Waals surface area contributed by atoms with E-state index in [0.717, 1.165) is 23.2 Å². The van der Waals surface area contributed by atoms with Crippen molar-refractivity contribution < 1.29 is 18.0 Å². The van der Waals surface area contributed by atoms with Crippen LogP contribution in [0.2, 0.25) is 0 Å². The maximum atomic E-state index is 12.9. The molecule has 0 fully saturated rings. The van der Waals surface area contributed by atoms with Gasteiger partial charge in [-0.1, -0.05) is 36.4 Å². The lowest BCUT2D eigenvalue weighted by Crippen LogP contribution is -2.43. The fraction of sp³-hybridized carbons (Fsp3) is 0.0800. The van der Waals surface area contributed by atoms with Gasteiger partial charge in [-0.2, -0.15) is 0 Å². The summed E-state index contributed by atoms with van der Waals surface area (Å²) in [5, 5.41) is 8.38. The molecule has 0 atom stereocenters. The Balaban J connectivity index is 1.53. The van der Waals surface area contributed by atoms with Gasteiger partial charge in [0.05, 0.1) is 4.90 Å². The summed E-state index contributed by atoms with van der Waals surface area (Å²) in [6, 6.07) is 22.3. The Hall–Kier alpha value is -4.44. The van der Waals surface area contributed by atoms with Crippen molar-refractivity contribution in [2.75, 3.05) is 6.26 Å². The summed E-state index contributed by atoms with van der Waals surface area (Å²) in [5.74, 6) is -0.400. The van der Waals surface area contributed by atoms with Gasteiger partial charge in [-0.05, 0) is 48.0 Å². The molecular formula is C25H23N5O4S.